The van der Waals surface area contributed by atoms with Gasteiger partial charge in [0.25, 0.3) is 0 Å². The zero-order valence-electron chi connectivity index (χ0n) is 8.44. The van der Waals surface area contributed by atoms with Gasteiger partial charge in [-0.05, 0) is 0 Å². The van der Waals surface area contributed by atoms with Crippen LogP contribution in [0.2, 0.25) is 0 Å². The number of aromatic nitrogens is 4. The Bertz CT molecular complexity index is 689. The second-order valence-corrected chi connectivity index (χ2v) is 4.17. The van der Waals surface area contributed by atoms with Crippen LogP contribution in [0, 0.1) is 0 Å². The number of hydrogen-bond donors (Lipinski definition) is 1. The van der Waals surface area contributed by atoms with Crippen LogP contribution in [-0.4, -0.2) is 30.4 Å². The molecule has 0 atom stereocenters. The molecule has 0 aliphatic carbocycles. The summed E-state index contributed by atoms with van der Waals surface area (Å²) in [6, 6.07) is 0. The quantitative estimate of drug-likeness (QED) is 0.742. The fourth-order valence-electron chi connectivity index (χ4n) is 1.52. The predicted molar refractivity (Wildman–Crippen MR) is 61.1 cm³/mol. The van der Waals surface area contributed by atoms with E-state index in [0.29, 0.717) is 11.3 Å². The van der Waals surface area contributed by atoms with Gasteiger partial charge in [-0.3, -0.25) is 0 Å². The molecule has 3 rings (SSSR count). The molecular formula is C10H6N4O2S. The molecule has 0 amide bonds. The molecular weight excluding hydrogens is 240 g/mol. The highest BCUT2D eigenvalue weighted by Crippen LogP contribution is 2.21. The number of nitrogens with zero attached hydrogens (tertiary/aromatic N) is 4. The van der Waals surface area contributed by atoms with Crippen LogP contribution in [0.1, 0.15) is 10.5 Å². The summed E-state index contributed by atoms with van der Waals surface area (Å²) in [4.78, 5) is 23.2. The zero-order chi connectivity index (χ0) is 11.8. The Hall–Kier alpha value is -2.28. The number of thiazole rings is 1. The molecule has 0 spiro atoms. The monoisotopic (exact) mass is 246 g/mol. The molecule has 17 heavy (non-hydrogen) atoms. The maximum Gasteiger partial charge on any atom is 0.358 e. The van der Waals surface area contributed by atoms with E-state index in [1.54, 1.807) is 23.0 Å². The van der Waals surface area contributed by atoms with E-state index >= 15 is 0 Å². The van der Waals surface area contributed by atoms with Crippen molar-refractivity contribution in [1.29, 1.82) is 0 Å². The fourth-order valence-corrected chi connectivity index (χ4v) is 2.12. The zero-order valence-corrected chi connectivity index (χ0v) is 9.26. The van der Waals surface area contributed by atoms with Crippen molar-refractivity contribution in [3.63, 3.8) is 0 Å². The number of hydrogen-bond acceptors (Lipinski definition) is 5. The molecule has 84 valence electrons. The van der Waals surface area contributed by atoms with Crippen molar-refractivity contribution in [2.24, 2.45) is 0 Å². The molecule has 0 saturated carbocycles. The van der Waals surface area contributed by atoms with Gasteiger partial charge in [0.1, 0.15) is 10.7 Å². The van der Waals surface area contributed by atoms with E-state index < -0.39 is 5.97 Å². The van der Waals surface area contributed by atoms with E-state index in [1.807, 2.05) is 5.38 Å². The molecule has 6 nitrogen and oxygen atoms in total. The minimum atomic E-state index is -1.09. The van der Waals surface area contributed by atoms with E-state index in [1.165, 1.54) is 17.5 Å². The van der Waals surface area contributed by atoms with Crippen LogP contribution in [0.4, 0.5) is 0 Å². The first-order valence-corrected chi connectivity index (χ1v) is 5.60. The van der Waals surface area contributed by atoms with E-state index in [4.69, 9.17) is 5.11 Å². The van der Waals surface area contributed by atoms with Crippen molar-refractivity contribution in [2.45, 2.75) is 0 Å². The summed E-state index contributed by atoms with van der Waals surface area (Å²) >= 11 is 1.45. The van der Waals surface area contributed by atoms with Gasteiger partial charge in [-0.15, -0.1) is 11.3 Å². The first-order valence-electron chi connectivity index (χ1n) is 4.72. The van der Waals surface area contributed by atoms with Gasteiger partial charge in [-0.1, -0.05) is 0 Å². The van der Waals surface area contributed by atoms with Gasteiger partial charge in [0, 0.05) is 30.2 Å². The van der Waals surface area contributed by atoms with Crippen molar-refractivity contribution in [1.82, 2.24) is 19.4 Å². The van der Waals surface area contributed by atoms with Crippen LogP contribution >= 0.6 is 11.3 Å². The number of carbonyl (C=O) groups is 1. The third-order valence-electron chi connectivity index (χ3n) is 2.23. The highest BCUT2D eigenvalue weighted by Gasteiger charge is 2.14. The number of rotatable bonds is 2. The third-order valence-corrected chi connectivity index (χ3v) is 3.02. The van der Waals surface area contributed by atoms with Crippen molar-refractivity contribution in [2.75, 3.05) is 0 Å². The maximum atomic E-state index is 11.0. The Labute approximate surface area is 99.2 Å². The average Bonchev–Trinajstić information content (AvgIpc) is 2.96. The summed E-state index contributed by atoms with van der Waals surface area (Å²) in [6.45, 7) is 0. The average molecular weight is 246 g/mol. The molecule has 0 aliphatic rings. The Morgan fingerprint density at radius 3 is 2.94 bits per heavy atom. The predicted octanol–water partition coefficient (Wildman–Crippen LogP) is 1.55. The topological polar surface area (TPSA) is 80.4 Å². The minimum absolute atomic E-state index is 0.0599. The lowest BCUT2D eigenvalue weighted by atomic mass is 10.4. The summed E-state index contributed by atoms with van der Waals surface area (Å²) in [6.07, 6.45) is 6.51. The van der Waals surface area contributed by atoms with Gasteiger partial charge in [0.05, 0.1) is 0 Å². The van der Waals surface area contributed by atoms with Crippen molar-refractivity contribution in [3.05, 3.63) is 35.9 Å². The van der Waals surface area contributed by atoms with Crippen molar-refractivity contribution < 1.29 is 9.90 Å². The molecule has 0 aromatic carbocycles. The number of aromatic carboxylic acids is 1. The summed E-state index contributed by atoms with van der Waals surface area (Å²) in [5.41, 5.74) is 0.913. The Morgan fingerprint density at radius 1 is 1.35 bits per heavy atom. The van der Waals surface area contributed by atoms with Gasteiger partial charge in [-0.25, -0.2) is 19.7 Å². The van der Waals surface area contributed by atoms with E-state index in [-0.39, 0.29) is 5.69 Å². The molecule has 0 aliphatic heterocycles. The summed E-state index contributed by atoms with van der Waals surface area (Å²) in [5.74, 6) is -1.09. The number of carboxylic acid groups (broad SMARTS) is 1. The van der Waals surface area contributed by atoms with E-state index in [2.05, 4.69) is 15.0 Å². The van der Waals surface area contributed by atoms with Crippen molar-refractivity contribution >= 4 is 23.0 Å². The molecule has 0 saturated heterocycles. The molecule has 0 bridgehead atoms. The second-order valence-electron chi connectivity index (χ2n) is 3.28. The minimum Gasteiger partial charge on any atom is -0.476 e. The largest absolute Gasteiger partial charge is 0.476 e. The molecule has 3 aromatic heterocycles. The van der Waals surface area contributed by atoms with Gasteiger partial charge in [0.15, 0.2) is 11.3 Å². The van der Waals surface area contributed by atoms with Gasteiger partial charge >= 0.3 is 5.97 Å². The first kappa shape index (κ1) is 9.91. The van der Waals surface area contributed by atoms with Crippen LogP contribution in [0.3, 0.4) is 0 Å². The van der Waals surface area contributed by atoms with Crippen LogP contribution in [0.15, 0.2) is 30.2 Å². The lowest BCUT2D eigenvalue weighted by molar-refractivity contribution is 0.0692. The SMILES string of the molecule is O=C(O)c1nccn2cc(-c3nccs3)nc12. The molecule has 0 radical (unpaired) electrons. The normalized spacial score (nSPS) is 10.8. The Kier molecular flexibility index (Phi) is 2.12. The van der Waals surface area contributed by atoms with Gasteiger partial charge in [0.2, 0.25) is 0 Å². The maximum absolute atomic E-state index is 11.0. The molecule has 3 aromatic rings. The Morgan fingerprint density at radius 2 is 2.24 bits per heavy atom. The smallest absolute Gasteiger partial charge is 0.358 e. The third kappa shape index (κ3) is 1.56. The number of fused-ring (bicyclic) bond motifs is 1. The van der Waals surface area contributed by atoms with Gasteiger partial charge < -0.3 is 9.51 Å². The molecule has 3 heterocycles. The molecule has 0 unspecified atom stereocenters. The standard InChI is InChI=1S/C10H6N4O2S/c15-10(16)7-8-13-6(9-12-2-4-17-9)5-14(8)3-1-11-7/h1-5H,(H,15,16). The summed E-state index contributed by atoms with van der Waals surface area (Å²) < 4.78 is 1.63. The second kappa shape index (κ2) is 3.63. The summed E-state index contributed by atoms with van der Waals surface area (Å²) in [5, 5.41) is 11.6. The fraction of sp³-hybridized carbons (Fsp3) is 0. The first-order chi connectivity index (χ1) is 8.25. The van der Waals surface area contributed by atoms with E-state index in [0.717, 1.165) is 5.01 Å². The molecule has 7 heteroatoms. The lowest BCUT2D eigenvalue weighted by Crippen LogP contribution is -2.03. The molecule has 0 fully saturated rings. The van der Waals surface area contributed by atoms with E-state index in [9.17, 15) is 4.79 Å². The van der Waals surface area contributed by atoms with Crippen LogP contribution in [0.25, 0.3) is 16.3 Å². The lowest BCUT2D eigenvalue weighted by Gasteiger charge is -1.95. The van der Waals surface area contributed by atoms with Gasteiger partial charge in [-0.2, -0.15) is 0 Å². The highest BCUT2D eigenvalue weighted by molar-refractivity contribution is 7.13. The number of carboxylic acids is 1. The van der Waals surface area contributed by atoms with Crippen LogP contribution in [-0.2, 0) is 0 Å². The van der Waals surface area contributed by atoms with Crippen LogP contribution < -0.4 is 0 Å². The highest BCUT2D eigenvalue weighted by atomic mass is 32.1. The Balaban J connectivity index is 2.26. The summed E-state index contributed by atoms with van der Waals surface area (Å²) in [7, 11) is 0. The number of imidazole rings is 1. The van der Waals surface area contributed by atoms with Crippen LogP contribution in [0.5, 0.6) is 0 Å². The van der Waals surface area contributed by atoms with Crippen molar-refractivity contribution in [3.8, 4) is 10.7 Å². The molecule has 1 N–H and O–H groups in total.